The van der Waals surface area contributed by atoms with E-state index in [2.05, 4.69) is 49.9 Å². The van der Waals surface area contributed by atoms with Crippen LogP contribution in [0.15, 0.2) is 24.3 Å². The third-order valence-corrected chi connectivity index (χ3v) is 3.78. The Morgan fingerprint density at radius 3 is 2.62 bits per heavy atom. The van der Waals surface area contributed by atoms with E-state index in [1.165, 1.54) is 11.3 Å². The van der Waals surface area contributed by atoms with Gasteiger partial charge in [-0.15, -0.1) is 0 Å². The first-order valence-electron chi connectivity index (χ1n) is 5.99. The van der Waals surface area contributed by atoms with Crippen molar-refractivity contribution in [3.8, 4) is 0 Å². The maximum atomic E-state index is 10.1. The minimum Gasteiger partial charge on any atom is -0.391 e. The van der Waals surface area contributed by atoms with Gasteiger partial charge in [0.1, 0.15) is 0 Å². The van der Waals surface area contributed by atoms with Gasteiger partial charge >= 0.3 is 0 Å². The first-order valence-corrected chi connectivity index (χ1v) is 5.99. The summed E-state index contributed by atoms with van der Waals surface area (Å²) in [5, 5.41) is 10.1. The van der Waals surface area contributed by atoms with Crippen LogP contribution in [0.2, 0.25) is 0 Å². The summed E-state index contributed by atoms with van der Waals surface area (Å²) in [5.41, 5.74) is 2.60. The lowest BCUT2D eigenvalue weighted by molar-refractivity contribution is 0.0351. The highest BCUT2D eigenvalue weighted by Gasteiger charge is 2.34. The number of aliphatic hydroxyl groups excluding tert-OH is 1. The Kier molecular flexibility index (Phi) is 2.94. The number of rotatable bonds is 1. The van der Waals surface area contributed by atoms with Gasteiger partial charge in [0, 0.05) is 18.8 Å². The van der Waals surface area contributed by atoms with Gasteiger partial charge < -0.3 is 10.0 Å². The molecule has 0 amide bonds. The highest BCUT2D eigenvalue weighted by atomic mass is 16.3. The van der Waals surface area contributed by atoms with E-state index < -0.39 is 0 Å². The summed E-state index contributed by atoms with van der Waals surface area (Å²) in [6, 6.07) is 8.39. The molecule has 1 aromatic rings. The molecular weight excluding hydrogens is 198 g/mol. The van der Waals surface area contributed by atoms with Crippen molar-refractivity contribution in [2.45, 2.75) is 33.3 Å². The molecule has 1 aliphatic heterocycles. The second-order valence-corrected chi connectivity index (χ2v) is 5.49. The number of para-hydroxylation sites is 1. The van der Waals surface area contributed by atoms with Gasteiger partial charge in [0.2, 0.25) is 0 Å². The lowest BCUT2D eigenvalue weighted by Gasteiger charge is -2.42. The van der Waals surface area contributed by atoms with Crippen molar-refractivity contribution in [1.82, 2.24) is 0 Å². The van der Waals surface area contributed by atoms with E-state index in [-0.39, 0.29) is 11.5 Å². The average molecular weight is 219 g/mol. The molecule has 16 heavy (non-hydrogen) atoms. The minimum absolute atomic E-state index is 0.0547. The topological polar surface area (TPSA) is 23.5 Å². The van der Waals surface area contributed by atoms with Gasteiger partial charge in [-0.25, -0.2) is 0 Å². The number of hydrogen-bond donors (Lipinski definition) is 1. The molecule has 1 N–H and O–H groups in total. The van der Waals surface area contributed by atoms with Crippen LogP contribution in [0.3, 0.4) is 0 Å². The van der Waals surface area contributed by atoms with Crippen LogP contribution in [0.1, 0.15) is 25.8 Å². The van der Waals surface area contributed by atoms with Crippen LogP contribution in [-0.2, 0) is 0 Å². The Morgan fingerprint density at radius 2 is 2.00 bits per heavy atom. The van der Waals surface area contributed by atoms with Crippen LogP contribution in [0.4, 0.5) is 5.69 Å². The lowest BCUT2D eigenvalue weighted by atomic mass is 9.80. The number of hydrogen-bond acceptors (Lipinski definition) is 2. The van der Waals surface area contributed by atoms with Crippen molar-refractivity contribution in [2.24, 2.45) is 5.41 Å². The predicted molar refractivity (Wildman–Crippen MR) is 67.8 cm³/mol. The zero-order valence-corrected chi connectivity index (χ0v) is 10.4. The second kappa shape index (κ2) is 4.10. The summed E-state index contributed by atoms with van der Waals surface area (Å²) in [6.07, 6.45) is 0.809. The molecule has 2 rings (SSSR count). The van der Waals surface area contributed by atoms with Gasteiger partial charge in [-0.2, -0.15) is 0 Å². The van der Waals surface area contributed by atoms with Gasteiger partial charge in [0.15, 0.2) is 0 Å². The quantitative estimate of drug-likeness (QED) is 0.784. The summed E-state index contributed by atoms with van der Waals surface area (Å²) in [4.78, 5) is 2.30. The molecule has 0 radical (unpaired) electrons. The van der Waals surface area contributed by atoms with Crippen LogP contribution < -0.4 is 4.90 Å². The predicted octanol–water partition coefficient (Wildman–Crippen LogP) is 2.59. The molecule has 0 saturated carbocycles. The van der Waals surface area contributed by atoms with E-state index in [1.807, 2.05) is 0 Å². The van der Waals surface area contributed by atoms with Crippen LogP contribution >= 0.6 is 0 Å². The van der Waals surface area contributed by atoms with Crippen LogP contribution in [-0.4, -0.2) is 24.3 Å². The van der Waals surface area contributed by atoms with E-state index in [0.717, 1.165) is 19.5 Å². The largest absolute Gasteiger partial charge is 0.391 e. The maximum absolute atomic E-state index is 10.1. The first kappa shape index (κ1) is 11.5. The third kappa shape index (κ3) is 2.07. The number of aliphatic hydroxyl groups is 1. The molecule has 1 saturated heterocycles. The molecule has 2 nitrogen and oxygen atoms in total. The summed E-state index contributed by atoms with van der Waals surface area (Å²) in [5.74, 6) is 0. The van der Waals surface area contributed by atoms with Gasteiger partial charge in [0.05, 0.1) is 6.10 Å². The molecule has 2 heteroatoms. The smallest absolute Gasteiger partial charge is 0.0766 e. The van der Waals surface area contributed by atoms with Crippen LogP contribution in [0.25, 0.3) is 0 Å². The van der Waals surface area contributed by atoms with Gasteiger partial charge in [-0.3, -0.25) is 0 Å². The number of anilines is 1. The number of benzene rings is 1. The molecule has 0 spiro atoms. The maximum Gasteiger partial charge on any atom is 0.0766 e. The zero-order valence-electron chi connectivity index (χ0n) is 10.4. The lowest BCUT2D eigenvalue weighted by Crippen LogP contribution is -2.48. The highest BCUT2D eigenvalue weighted by Crippen LogP contribution is 2.33. The molecule has 1 aliphatic rings. The fraction of sp³-hybridized carbons (Fsp3) is 0.571. The van der Waals surface area contributed by atoms with Crippen molar-refractivity contribution in [3.63, 3.8) is 0 Å². The molecule has 1 aromatic carbocycles. The molecule has 88 valence electrons. The summed E-state index contributed by atoms with van der Waals surface area (Å²) < 4.78 is 0. The summed E-state index contributed by atoms with van der Waals surface area (Å²) in [7, 11) is 0. The Hall–Kier alpha value is -1.02. The van der Waals surface area contributed by atoms with Crippen LogP contribution in [0, 0.1) is 12.3 Å². The zero-order chi connectivity index (χ0) is 11.8. The summed E-state index contributed by atoms with van der Waals surface area (Å²) in [6.45, 7) is 8.20. The third-order valence-electron chi connectivity index (χ3n) is 3.78. The van der Waals surface area contributed by atoms with Crippen LogP contribution in [0.5, 0.6) is 0 Å². The van der Waals surface area contributed by atoms with Crippen molar-refractivity contribution in [3.05, 3.63) is 29.8 Å². The number of aryl methyl sites for hydroxylation is 1. The fourth-order valence-electron chi connectivity index (χ4n) is 2.27. The molecule has 0 aromatic heterocycles. The molecule has 1 heterocycles. The number of β-amino-alcohol motifs (C(OH)–C–C–N with tert-alkyl or cyclic N) is 1. The molecule has 1 unspecified atom stereocenters. The first-order chi connectivity index (χ1) is 7.50. The number of piperidine rings is 1. The summed E-state index contributed by atoms with van der Waals surface area (Å²) >= 11 is 0. The fourth-order valence-corrected chi connectivity index (χ4v) is 2.27. The Morgan fingerprint density at radius 1 is 1.31 bits per heavy atom. The van der Waals surface area contributed by atoms with Crippen molar-refractivity contribution in [2.75, 3.05) is 18.0 Å². The second-order valence-electron chi connectivity index (χ2n) is 5.49. The van der Waals surface area contributed by atoms with Gasteiger partial charge in [0.25, 0.3) is 0 Å². The van der Waals surface area contributed by atoms with E-state index >= 15 is 0 Å². The SMILES string of the molecule is Cc1ccccc1N1CCC(C)(C)C(O)C1. The van der Waals surface area contributed by atoms with Crippen molar-refractivity contribution in [1.29, 1.82) is 0 Å². The van der Waals surface area contributed by atoms with Gasteiger partial charge in [-0.1, -0.05) is 32.0 Å². The minimum atomic E-state index is -0.235. The molecule has 1 atom stereocenters. The van der Waals surface area contributed by atoms with E-state index in [0.29, 0.717) is 0 Å². The van der Waals surface area contributed by atoms with Crippen molar-refractivity contribution < 1.29 is 5.11 Å². The highest BCUT2D eigenvalue weighted by molar-refractivity contribution is 5.53. The molecule has 0 bridgehead atoms. The molecule has 1 fully saturated rings. The molecular formula is C14H21NO. The van der Waals surface area contributed by atoms with E-state index in [4.69, 9.17) is 0 Å². The van der Waals surface area contributed by atoms with Gasteiger partial charge in [-0.05, 0) is 30.4 Å². The Balaban J connectivity index is 2.17. The number of nitrogens with zero attached hydrogens (tertiary/aromatic N) is 1. The van der Waals surface area contributed by atoms with E-state index in [1.54, 1.807) is 0 Å². The van der Waals surface area contributed by atoms with Crippen molar-refractivity contribution >= 4 is 5.69 Å². The van der Waals surface area contributed by atoms with E-state index in [9.17, 15) is 5.11 Å². The standard InChI is InChI=1S/C14H21NO/c1-11-6-4-5-7-12(11)15-9-8-14(2,3)13(16)10-15/h4-7,13,16H,8-10H2,1-3H3. The average Bonchev–Trinajstić information content (AvgIpc) is 2.23. The Labute approximate surface area is 97.9 Å². The molecule has 0 aliphatic carbocycles. The Bertz CT molecular complexity index is 373. The normalized spacial score (nSPS) is 24.5. The monoisotopic (exact) mass is 219 g/mol.